The lowest BCUT2D eigenvalue weighted by Crippen LogP contribution is -2.50. The molecular weight excluding hydrogens is 198 g/mol. The van der Waals surface area contributed by atoms with Gasteiger partial charge in [-0.1, -0.05) is 0 Å². The zero-order valence-electron chi connectivity index (χ0n) is 11.7. The van der Waals surface area contributed by atoms with Gasteiger partial charge in [0.1, 0.15) is 0 Å². The molecule has 0 amide bonds. The van der Waals surface area contributed by atoms with Crippen molar-refractivity contribution in [1.82, 2.24) is 15.1 Å². The van der Waals surface area contributed by atoms with Crippen LogP contribution < -0.4 is 5.32 Å². The molecule has 0 saturated carbocycles. The molecule has 0 unspecified atom stereocenters. The summed E-state index contributed by atoms with van der Waals surface area (Å²) in [5.74, 6) is 0. The summed E-state index contributed by atoms with van der Waals surface area (Å²) in [7, 11) is 4.26. The van der Waals surface area contributed by atoms with Gasteiger partial charge in [0, 0.05) is 37.8 Å². The molecule has 1 fully saturated rings. The Labute approximate surface area is 101 Å². The van der Waals surface area contributed by atoms with Crippen molar-refractivity contribution < 1.29 is 0 Å². The maximum atomic E-state index is 3.66. The topological polar surface area (TPSA) is 18.5 Å². The van der Waals surface area contributed by atoms with Gasteiger partial charge in [-0.3, -0.25) is 4.90 Å². The van der Waals surface area contributed by atoms with E-state index in [2.05, 4.69) is 50.0 Å². The number of likely N-dealkylation sites (tertiary alicyclic amines) is 1. The molecule has 0 bridgehead atoms. The number of rotatable bonds is 4. The van der Waals surface area contributed by atoms with E-state index in [1.54, 1.807) is 0 Å². The van der Waals surface area contributed by atoms with Crippen LogP contribution in [-0.2, 0) is 0 Å². The summed E-state index contributed by atoms with van der Waals surface area (Å²) in [5, 5.41) is 3.66. The lowest BCUT2D eigenvalue weighted by molar-refractivity contribution is 0.0960. The van der Waals surface area contributed by atoms with Crippen LogP contribution in [0.15, 0.2) is 0 Å². The van der Waals surface area contributed by atoms with Crippen LogP contribution >= 0.6 is 0 Å². The van der Waals surface area contributed by atoms with Gasteiger partial charge in [-0.05, 0) is 47.7 Å². The Balaban J connectivity index is 2.17. The Morgan fingerprint density at radius 3 is 2.19 bits per heavy atom. The molecule has 1 aliphatic heterocycles. The Morgan fingerprint density at radius 2 is 1.75 bits per heavy atom. The molecule has 3 nitrogen and oxygen atoms in total. The lowest BCUT2D eigenvalue weighted by atomic mass is 9.98. The van der Waals surface area contributed by atoms with Crippen LogP contribution in [0.4, 0.5) is 0 Å². The van der Waals surface area contributed by atoms with Crippen molar-refractivity contribution in [2.75, 3.05) is 40.3 Å². The van der Waals surface area contributed by atoms with Gasteiger partial charge < -0.3 is 10.2 Å². The minimum absolute atomic E-state index is 0.342. The molecular formula is C13H29N3. The quantitative estimate of drug-likeness (QED) is 0.783. The van der Waals surface area contributed by atoms with E-state index in [1.165, 1.54) is 25.9 Å². The van der Waals surface area contributed by atoms with Gasteiger partial charge in [-0.15, -0.1) is 0 Å². The summed E-state index contributed by atoms with van der Waals surface area (Å²) in [6, 6.07) is 0.735. The van der Waals surface area contributed by atoms with Crippen molar-refractivity contribution in [2.45, 2.75) is 45.2 Å². The van der Waals surface area contributed by atoms with Crippen molar-refractivity contribution in [1.29, 1.82) is 0 Å². The van der Waals surface area contributed by atoms with Crippen molar-refractivity contribution in [2.24, 2.45) is 0 Å². The van der Waals surface area contributed by atoms with Crippen LogP contribution in [0, 0.1) is 0 Å². The first-order chi connectivity index (χ1) is 7.39. The molecule has 16 heavy (non-hydrogen) atoms. The standard InChI is InChI=1S/C13H29N3/c1-13(2,3)16-9-6-12(7-10-16)14-8-11-15(4)5/h12,14H,6-11H2,1-5H3. The molecule has 0 aromatic carbocycles. The van der Waals surface area contributed by atoms with Gasteiger partial charge in [0.25, 0.3) is 0 Å². The number of piperidine rings is 1. The summed E-state index contributed by atoms with van der Waals surface area (Å²) in [6.07, 6.45) is 2.59. The van der Waals surface area contributed by atoms with Gasteiger partial charge in [-0.2, -0.15) is 0 Å². The SMILES string of the molecule is CN(C)CCNC1CCN(C(C)(C)C)CC1. The van der Waals surface area contributed by atoms with Crippen molar-refractivity contribution >= 4 is 0 Å². The minimum atomic E-state index is 0.342. The number of hydrogen-bond donors (Lipinski definition) is 1. The van der Waals surface area contributed by atoms with Crippen molar-refractivity contribution in [3.63, 3.8) is 0 Å². The van der Waals surface area contributed by atoms with Crippen LogP contribution in [0.2, 0.25) is 0 Å². The molecule has 1 N–H and O–H groups in total. The second-order valence-electron chi connectivity index (χ2n) is 6.19. The van der Waals surface area contributed by atoms with E-state index in [-0.39, 0.29) is 0 Å². The van der Waals surface area contributed by atoms with E-state index in [9.17, 15) is 0 Å². The van der Waals surface area contributed by atoms with E-state index >= 15 is 0 Å². The molecule has 0 radical (unpaired) electrons. The fourth-order valence-corrected chi connectivity index (χ4v) is 2.25. The maximum absolute atomic E-state index is 3.66. The maximum Gasteiger partial charge on any atom is 0.0125 e. The van der Waals surface area contributed by atoms with Gasteiger partial charge in [0.05, 0.1) is 0 Å². The van der Waals surface area contributed by atoms with Crippen LogP contribution in [0.1, 0.15) is 33.6 Å². The number of likely N-dealkylation sites (N-methyl/N-ethyl adjacent to an activating group) is 1. The average Bonchev–Trinajstić information content (AvgIpc) is 2.16. The number of nitrogens with zero attached hydrogens (tertiary/aromatic N) is 2. The molecule has 1 heterocycles. The summed E-state index contributed by atoms with van der Waals surface area (Å²) in [6.45, 7) is 11.7. The predicted octanol–water partition coefficient (Wildman–Crippen LogP) is 1.40. The van der Waals surface area contributed by atoms with Crippen LogP contribution in [0.3, 0.4) is 0 Å². The Bertz CT molecular complexity index is 188. The third-order valence-electron chi connectivity index (χ3n) is 3.44. The molecule has 1 rings (SSSR count). The Kier molecular flexibility index (Phi) is 5.22. The molecule has 96 valence electrons. The molecule has 0 spiro atoms. The highest BCUT2D eigenvalue weighted by atomic mass is 15.2. The highest BCUT2D eigenvalue weighted by molar-refractivity contribution is 4.84. The zero-order valence-corrected chi connectivity index (χ0v) is 11.7. The van der Waals surface area contributed by atoms with Crippen LogP contribution in [0.5, 0.6) is 0 Å². The molecule has 1 aliphatic rings. The molecule has 3 heteroatoms. The molecule has 1 saturated heterocycles. The Morgan fingerprint density at radius 1 is 1.19 bits per heavy atom. The molecule has 0 aromatic heterocycles. The molecule has 0 aliphatic carbocycles. The van der Waals surface area contributed by atoms with E-state index in [4.69, 9.17) is 0 Å². The fraction of sp³-hybridized carbons (Fsp3) is 1.00. The predicted molar refractivity (Wildman–Crippen MR) is 70.9 cm³/mol. The normalized spacial score (nSPS) is 20.6. The van der Waals surface area contributed by atoms with E-state index in [1.807, 2.05) is 0 Å². The first-order valence-corrected chi connectivity index (χ1v) is 6.53. The summed E-state index contributed by atoms with van der Waals surface area (Å²) < 4.78 is 0. The van der Waals surface area contributed by atoms with Gasteiger partial charge in [0.2, 0.25) is 0 Å². The average molecular weight is 227 g/mol. The fourth-order valence-electron chi connectivity index (χ4n) is 2.25. The third kappa shape index (κ3) is 4.81. The minimum Gasteiger partial charge on any atom is -0.313 e. The zero-order chi connectivity index (χ0) is 12.2. The number of nitrogens with one attached hydrogen (secondary N) is 1. The highest BCUT2D eigenvalue weighted by Crippen LogP contribution is 2.19. The van der Waals surface area contributed by atoms with Crippen LogP contribution in [-0.4, -0.2) is 61.7 Å². The highest BCUT2D eigenvalue weighted by Gasteiger charge is 2.26. The third-order valence-corrected chi connectivity index (χ3v) is 3.44. The van der Waals surface area contributed by atoms with E-state index < -0.39 is 0 Å². The van der Waals surface area contributed by atoms with Crippen molar-refractivity contribution in [3.8, 4) is 0 Å². The smallest absolute Gasteiger partial charge is 0.0125 e. The lowest BCUT2D eigenvalue weighted by Gasteiger charge is -2.41. The first kappa shape index (κ1) is 13.9. The first-order valence-electron chi connectivity index (χ1n) is 6.53. The van der Waals surface area contributed by atoms with Gasteiger partial charge in [-0.25, -0.2) is 0 Å². The molecule has 0 aromatic rings. The van der Waals surface area contributed by atoms with Crippen LogP contribution in [0.25, 0.3) is 0 Å². The summed E-state index contributed by atoms with van der Waals surface area (Å²) in [4.78, 5) is 4.83. The van der Waals surface area contributed by atoms with Crippen molar-refractivity contribution in [3.05, 3.63) is 0 Å². The summed E-state index contributed by atoms with van der Waals surface area (Å²) in [5.41, 5.74) is 0.342. The molecule has 0 atom stereocenters. The van der Waals surface area contributed by atoms with Gasteiger partial charge in [0.15, 0.2) is 0 Å². The second kappa shape index (κ2) is 5.99. The largest absolute Gasteiger partial charge is 0.313 e. The monoisotopic (exact) mass is 227 g/mol. The van der Waals surface area contributed by atoms with E-state index in [0.29, 0.717) is 5.54 Å². The summed E-state index contributed by atoms with van der Waals surface area (Å²) >= 11 is 0. The Hall–Kier alpha value is -0.120. The number of hydrogen-bond acceptors (Lipinski definition) is 3. The van der Waals surface area contributed by atoms with E-state index in [0.717, 1.165) is 19.1 Å². The van der Waals surface area contributed by atoms with Gasteiger partial charge >= 0.3 is 0 Å². The second-order valence-corrected chi connectivity index (χ2v) is 6.19.